The van der Waals surface area contributed by atoms with Crippen LogP contribution in [0.4, 0.5) is 0 Å². The van der Waals surface area contributed by atoms with Gasteiger partial charge in [0.15, 0.2) is 0 Å². The minimum Gasteiger partial charge on any atom is -0.386 e. The third-order valence-corrected chi connectivity index (χ3v) is 2.46. The zero-order chi connectivity index (χ0) is 13.1. The molecule has 1 aromatic heterocycles. The van der Waals surface area contributed by atoms with Crippen molar-refractivity contribution in [2.75, 3.05) is 13.1 Å². The summed E-state index contributed by atoms with van der Waals surface area (Å²) < 4.78 is 0. The highest BCUT2D eigenvalue weighted by atomic mass is 16.3. The highest BCUT2D eigenvalue weighted by Gasteiger charge is 2.39. The molecule has 0 unspecified atom stereocenters. The molecule has 4 heteroatoms. The highest BCUT2D eigenvalue weighted by Crippen LogP contribution is 2.21. The van der Waals surface area contributed by atoms with Crippen LogP contribution in [-0.4, -0.2) is 39.6 Å². The maximum atomic E-state index is 11.8. The number of likely N-dealkylation sites (tertiary alicyclic amines) is 1. The molecule has 1 N–H and O–H groups in total. The molecular formula is C13H20N2O2. The summed E-state index contributed by atoms with van der Waals surface area (Å²) >= 11 is 0. The van der Waals surface area contributed by atoms with Gasteiger partial charge in [-0.05, 0) is 26.0 Å². The van der Waals surface area contributed by atoms with E-state index in [1.165, 1.54) is 0 Å². The molecule has 2 rings (SSSR count). The second kappa shape index (κ2) is 5.27. The maximum absolute atomic E-state index is 11.8. The van der Waals surface area contributed by atoms with Gasteiger partial charge < -0.3 is 10.0 Å². The molecule has 17 heavy (non-hydrogen) atoms. The van der Waals surface area contributed by atoms with Crippen molar-refractivity contribution in [3.05, 3.63) is 29.6 Å². The number of carbonyl (C=O) groups excluding carboxylic acids is 1. The number of aromatic nitrogens is 1. The molecule has 0 spiro atoms. The van der Waals surface area contributed by atoms with Crippen LogP contribution in [0.1, 0.15) is 37.0 Å². The van der Waals surface area contributed by atoms with Crippen LogP contribution < -0.4 is 0 Å². The van der Waals surface area contributed by atoms with Crippen LogP contribution in [0.5, 0.6) is 0 Å². The Labute approximate surface area is 102 Å². The summed E-state index contributed by atoms with van der Waals surface area (Å²) in [5.74, 6) is -0.106. The van der Waals surface area contributed by atoms with Gasteiger partial charge in [0.2, 0.25) is 0 Å². The molecule has 94 valence electrons. The summed E-state index contributed by atoms with van der Waals surface area (Å²) in [6.07, 6.45) is 0. The maximum Gasteiger partial charge on any atom is 0.272 e. The number of aryl methyl sites for hydroxylation is 1. The van der Waals surface area contributed by atoms with Crippen LogP contribution >= 0.6 is 0 Å². The Bertz CT molecular complexity index is 394. The number of rotatable bonds is 1. The lowest BCUT2D eigenvalue weighted by molar-refractivity contribution is -0.0670. The molecule has 1 saturated heterocycles. The van der Waals surface area contributed by atoms with Gasteiger partial charge in [0.05, 0.1) is 18.7 Å². The molecule has 2 heterocycles. The van der Waals surface area contributed by atoms with Crippen molar-refractivity contribution in [2.24, 2.45) is 0 Å². The lowest BCUT2D eigenvalue weighted by atomic mass is 9.96. The van der Waals surface area contributed by atoms with Gasteiger partial charge in [0, 0.05) is 5.69 Å². The van der Waals surface area contributed by atoms with E-state index in [9.17, 15) is 9.90 Å². The van der Waals surface area contributed by atoms with Gasteiger partial charge in [-0.15, -0.1) is 0 Å². The quantitative estimate of drug-likeness (QED) is 0.806. The van der Waals surface area contributed by atoms with Crippen molar-refractivity contribution in [3.63, 3.8) is 0 Å². The monoisotopic (exact) mass is 236 g/mol. The van der Waals surface area contributed by atoms with Crippen LogP contribution in [0.15, 0.2) is 18.2 Å². The van der Waals surface area contributed by atoms with E-state index in [2.05, 4.69) is 4.98 Å². The minimum absolute atomic E-state index is 0.106. The van der Waals surface area contributed by atoms with Gasteiger partial charge in [-0.1, -0.05) is 19.9 Å². The number of amides is 1. The van der Waals surface area contributed by atoms with Crippen molar-refractivity contribution in [1.29, 1.82) is 0 Å². The van der Waals surface area contributed by atoms with Crippen molar-refractivity contribution in [3.8, 4) is 0 Å². The summed E-state index contributed by atoms with van der Waals surface area (Å²) in [6, 6.07) is 5.36. The SMILES string of the molecule is CC.Cc1cccc(C(=O)N2CC(C)(O)C2)n1. The Balaban J connectivity index is 0.000000686. The Morgan fingerprint density at radius 2 is 2.00 bits per heavy atom. The summed E-state index contributed by atoms with van der Waals surface area (Å²) in [5, 5.41) is 9.52. The Kier molecular flexibility index (Phi) is 4.23. The molecule has 0 radical (unpaired) electrons. The number of aliphatic hydroxyl groups is 1. The molecule has 0 bridgehead atoms. The van der Waals surface area contributed by atoms with Gasteiger partial charge in [-0.3, -0.25) is 4.79 Å². The van der Waals surface area contributed by atoms with Gasteiger partial charge in [0.25, 0.3) is 5.91 Å². The molecule has 0 saturated carbocycles. The summed E-state index contributed by atoms with van der Waals surface area (Å²) in [7, 11) is 0. The third kappa shape index (κ3) is 3.27. The molecule has 0 atom stereocenters. The van der Waals surface area contributed by atoms with Crippen LogP contribution in [-0.2, 0) is 0 Å². The predicted octanol–water partition coefficient (Wildman–Crippen LogP) is 1.62. The summed E-state index contributed by atoms with van der Waals surface area (Å²) in [4.78, 5) is 17.6. The smallest absolute Gasteiger partial charge is 0.272 e. The number of pyridine rings is 1. The van der Waals surface area contributed by atoms with Crippen LogP contribution in [0.2, 0.25) is 0 Å². The van der Waals surface area contributed by atoms with E-state index in [1.54, 1.807) is 17.9 Å². The van der Waals surface area contributed by atoms with E-state index in [0.29, 0.717) is 18.8 Å². The Hall–Kier alpha value is -1.42. The van der Waals surface area contributed by atoms with Crippen LogP contribution in [0.3, 0.4) is 0 Å². The van der Waals surface area contributed by atoms with E-state index in [4.69, 9.17) is 0 Å². The average Bonchev–Trinajstić information content (AvgIpc) is 2.27. The highest BCUT2D eigenvalue weighted by molar-refractivity contribution is 5.93. The van der Waals surface area contributed by atoms with E-state index < -0.39 is 5.60 Å². The van der Waals surface area contributed by atoms with Crippen LogP contribution in [0, 0.1) is 6.92 Å². The van der Waals surface area contributed by atoms with E-state index in [1.807, 2.05) is 32.9 Å². The molecular weight excluding hydrogens is 216 g/mol. The standard InChI is InChI=1S/C11H14N2O2.C2H6/c1-8-4-3-5-9(12-8)10(14)13-6-11(2,15)7-13;1-2/h3-5,15H,6-7H2,1-2H3;1-2H3. The van der Waals surface area contributed by atoms with Crippen molar-refractivity contribution in [1.82, 2.24) is 9.88 Å². The topological polar surface area (TPSA) is 53.4 Å². The first kappa shape index (κ1) is 13.6. The van der Waals surface area contributed by atoms with Crippen molar-refractivity contribution < 1.29 is 9.90 Å². The van der Waals surface area contributed by atoms with Gasteiger partial charge in [0.1, 0.15) is 5.69 Å². The molecule has 1 aliphatic heterocycles. The number of nitrogens with zero attached hydrogens (tertiary/aromatic N) is 2. The fourth-order valence-electron chi connectivity index (χ4n) is 1.74. The van der Waals surface area contributed by atoms with E-state index in [0.717, 1.165) is 5.69 Å². The summed E-state index contributed by atoms with van der Waals surface area (Å²) in [6.45, 7) is 8.35. The zero-order valence-electron chi connectivity index (χ0n) is 10.9. The largest absolute Gasteiger partial charge is 0.386 e. The molecule has 1 aliphatic rings. The fourth-order valence-corrected chi connectivity index (χ4v) is 1.74. The molecule has 1 amide bonds. The number of β-amino-alcohol motifs (C(OH)–C–C–N with tert-alkyl or cyclic N) is 1. The minimum atomic E-state index is -0.723. The first-order valence-electron chi connectivity index (χ1n) is 5.93. The second-order valence-electron chi connectivity index (χ2n) is 4.32. The van der Waals surface area contributed by atoms with Crippen molar-refractivity contribution in [2.45, 2.75) is 33.3 Å². The zero-order valence-corrected chi connectivity index (χ0v) is 10.9. The molecule has 1 fully saturated rings. The number of hydrogen-bond donors (Lipinski definition) is 1. The Morgan fingerprint density at radius 3 is 2.47 bits per heavy atom. The normalized spacial score (nSPS) is 16.6. The number of carbonyl (C=O) groups is 1. The van der Waals surface area contributed by atoms with E-state index >= 15 is 0 Å². The fraction of sp³-hybridized carbons (Fsp3) is 0.538. The Morgan fingerprint density at radius 1 is 1.41 bits per heavy atom. The average molecular weight is 236 g/mol. The summed E-state index contributed by atoms with van der Waals surface area (Å²) in [5.41, 5.74) is 0.554. The van der Waals surface area contributed by atoms with Gasteiger partial charge in [-0.2, -0.15) is 0 Å². The molecule has 1 aromatic rings. The molecule has 0 aliphatic carbocycles. The van der Waals surface area contributed by atoms with E-state index in [-0.39, 0.29) is 5.91 Å². The first-order valence-corrected chi connectivity index (χ1v) is 5.93. The van der Waals surface area contributed by atoms with Gasteiger partial charge >= 0.3 is 0 Å². The first-order chi connectivity index (χ1) is 7.98. The lowest BCUT2D eigenvalue weighted by Gasteiger charge is -2.43. The van der Waals surface area contributed by atoms with Gasteiger partial charge in [-0.25, -0.2) is 4.98 Å². The number of hydrogen-bond acceptors (Lipinski definition) is 3. The van der Waals surface area contributed by atoms with Crippen molar-refractivity contribution >= 4 is 5.91 Å². The second-order valence-corrected chi connectivity index (χ2v) is 4.32. The molecule has 4 nitrogen and oxygen atoms in total. The predicted molar refractivity (Wildman–Crippen MR) is 66.8 cm³/mol. The lowest BCUT2D eigenvalue weighted by Crippen LogP contribution is -2.61. The third-order valence-electron chi connectivity index (χ3n) is 2.46. The molecule has 0 aromatic carbocycles. The van der Waals surface area contributed by atoms with Crippen LogP contribution in [0.25, 0.3) is 0 Å².